The van der Waals surface area contributed by atoms with Crippen molar-refractivity contribution >= 4 is 29.6 Å². The standard InChI is InChI=1S/C21H28ClNO5/c1-4-27-18-14-16(13-17(22)20(18)26-3)9-10-19(24)28-15(2)21(25)23-11-7-5-6-8-12-23/h9-10,13-15H,4-8,11-12H2,1-3H3/b10-9+/t15-/m1/s1. The summed E-state index contributed by atoms with van der Waals surface area (Å²) in [5.74, 6) is 0.213. The molecule has 1 amide bonds. The van der Waals surface area contributed by atoms with Gasteiger partial charge in [-0.05, 0) is 50.5 Å². The molecule has 2 rings (SSSR count). The summed E-state index contributed by atoms with van der Waals surface area (Å²) in [6.45, 7) is 5.37. The number of carbonyl (C=O) groups excluding carboxylic acids is 2. The van der Waals surface area contributed by atoms with Crippen molar-refractivity contribution in [2.45, 2.75) is 45.6 Å². The molecular formula is C21H28ClNO5. The molecule has 154 valence electrons. The molecule has 1 atom stereocenters. The summed E-state index contributed by atoms with van der Waals surface area (Å²) in [5.41, 5.74) is 0.665. The molecule has 0 bridgehead atoms. The number of rotatable bonds is 7. The van der Waals surface area contributed by atoms with E-state index in [1.165, 1.54) is 13.2 Å². The fraction of sp³-hybridized carbons (Fsp3) is 0.524. The highest BCUT2D eigenvalue weighted by Crippen LogP contribution is 2.36. The molecule has 1 heterocycles. The van der Waals surface area contributed by atoms with Crippen molar-refractivity contribution in [3.05, 3.63) is 28.8 Å². The Hall–Kier alpha value is -2.21. The maximum Gasteiger partial charge on any atom is 0.331 e. The van der Waals surface area contributed by atoms with Crippen molar-refractivity contribution in [3.63, 3.8) is 0 Å². The predicted octanol–water partition coefficient (Wildman–Crippen LogP) is 4.09. The van der Waals surface area contributed by atoms with E-state index in [2.05, 4.69) is 0 Å². The highest BCUT2D eigenvalue weighted by atomic mass is 35.5. The van der Waals surface area contributed by atoms with Crippen molar-refractivity contribution in [2.75, 3.05) is 26.8 Å². The lowest BCUT2D eigenvalue weighted by Gasteiger charge is -2.23. The topological polar surface area (TPSA) is 65.1 Å². The normalized spacial score (nSPS) is 15.8. The Morgan fingerprint density at radius 2 is 1.89 bits per heavy atom. The molecule has 1 aliphatic rings. The van der Waals surface area contributed by atoms with E-state index < -0.39 is 12.1 Å². The number of carbonyl (C=O) groups is 2. The smallest absolute Gasteiger partial charge is 0.331 e. The van der Waals surface area contributed by atoms with Crippen LogP contribution in [-0.4, -0.2) is 49.7 Å². The highest BCUT2D eigenvalue weighted by Gasteiger charge is 2.23. The summed E-state index contributed by atoms with van der Waals surface area (Å²) >= 11 is 6.21. The van der Waals surface area contributed by atoms with Gasteiger partial charge in [0.15, 0.2) is 17.6 Å². The second-order valence-corrected chi connectivity index (χ2v) is 7.03. The van der Waals surface area contributed by atoms with Gasteiger partial charge < -0.3 is 19.1 Å². The van der Waals surface area contributed by atoms with Crippen LogP contribution in [0.2, 0.25) is 5.02 Å². The summed E-state index contributed by atoms with van der Waals surface area (Å²) in [4.78, 5) is 26.4. The molecule has 1 aromatic carbocycles. The predicted molar refractivity (Wildman–Crippen MR) is 109 cm³/mol. The van der Waals surface area contributed by atoms with Gasteiger partial charge in [0, 0.05) is 19.2 Å². The van der Waals surface area contributed by atoms with Gasteiger partial charge in [-0.3, -0.25) is 4.79 Å². The Morgan fingerprint density at radius 1 is 1.21 bits per heavy atom. The number of amides is 1. The van der Waals surface area contributed by atoms with Crippen molar-refractivity contribution in [2.24, 2.45) is 0 Å². The first kappa shape index (κ1) is 22.1. The van der Waals surface area contributed by atoms with Gasteiger partial charge >= 0.3 is 5.97 Å². The van der Waals surface area contributed by atoms with Crippen molar-refractivity contribution in [1.29, 1.82) is 0 Å². The minimum Gasteiger partial charge on any atom is -0.491 e. The minimum absolute atomic E-state index is 0.144. The van der Waals surface area contributed by atoms with Crippen molar-refractivity contribution < 1.29 is 23.8 Å². The van der Waals surface area contributed by atoms with Crippen LogP contribution in [0.25, 0.3) is 6.08 Å². The van der Waals surface area contributed by atoms with Crippen LogP contribution >= 0.6 is 11.6 Å². The summed E-state index contributed by atoms with van der Waals surface area (Å²) in [7, 11) is 1.51. The third-order valence-electron chi connectivity index (χ3n) is 4.51. The quantitative estimate of drug-likeness (QED) is 0.501. The van der Waals surface area contributed by atoms with E-state index in [-0.39, 0.29) is 5.91 Å². The Balaban J connectivity index is 1.99. The Morgan fingerprint density at radius 3 is 2.50 bits per heavy atom. The lowest BCUT2D eigenvalue weighted by atomic mass is 10.2. The van der Waals surface area contributed by atoms with Crippen LogP contribution in [0.1, 0.15) is 45.1 Å². The van der Waals surface area contributed by atoms with Crippen LogP contribution in [0, 0.1) is 0 Å². The number of esters is 1. The van der Waals surface area contributed by atoms with E-state index in [0.717, 1.165) is 38.8 Å². The van der Waals surface area contributed by atoms with Crippen LogP contribution in [-0.2, 0) is 14.3 Å². The number of likely N-dealkylation sites (tertiary alicyclic amines) is 1. The number of hydrogen-bond acceptors (Lipinski definition) is 5. The van der Waals surface area contributed by atoms with Gasteiger partial charge in [0.25, 0.3) is 5.91 Å². The summed E-state index contributed by atoms with van der Waals surface area (Å²) in [6.07, 6.45) is 6.29. The van der Waals surface area contributed by atoms with E-state index in [1.807, 2.05) is 6.92 Å². The molecule has 28 heavy (non-hydrogen) atoms. The van der Waals surface area contributed by atoms with E-state index in [1.54, 1.807) is 30.0 Å². The van der Waals surface area contributed by atoms with E-state index in [9.17, 15) is 9.59 Å². The van der Waals surface area contributed by atoms with Gasteiger partial charge in [-0.15, -0.1) is 0 Å². The molecule has 1 aliphatic heterocycles. The number of benzene rings is 1. The minimum atomic E-state index is -0.811. The molecule has 0 saturated carbocycles. The molecule has 1 fully saturated rings. The van der Waals surface area contributed by atoms with Crippen LogP contribution in [0.15, 0.2) is 18.2 Å². The average molecular weight is 410 g/mol. The molecule has 1 saturated heterocycles. The zero-order valence-electron chi connectivity index (χ0n) is 16.7. The monoisotopic (exact) mass is 409 g/mol. The molecule has 0 radical (unpaired) electrons. The van der Waals surface area contributed by atoms with Crippen LogP contribution in [0.5, 0.6) is 11.5 Å². The number of halogens is 1. The Bertz CT molecular complexity index is 711. The van der Waals surface area contributed by atoms with E-state index in [4.69, 9.17) is 25.8 Å². The van der Waals surface area contributed by atoms with E-state index in [0.29, 0.717) is 28.7 Å². The van der Waals surface area contributed by atoms with Crippen LogP contribution < -0.4 is 9.47 Å². The molecule has 0 aliphatic carbocycles. The fourth-order valence-corrected chi connectivity index (χ4v) is 3.42. The lowest BCUT2D eigenvalue weighted by Crippen LogP contribution is -2.40. The maximum atomic E-state index is 12.5. The number of ether oxygens (including phenoxy) is 3. The van der Waals surface area contributed by atoms with Gasteiger partial charge in [0.1, 0.15) is 0 Å². The van der Waals surface area contributed by atoms with Crippen molar-refractivity contribution in [3.8, 4) is 11.5 Å². The molecule has 1 aromatic rings. The van der Waals surface area contributed by atoms with Crippen LogP contribution in [0.4, 0.5) is 0 Å². The first-order valence-corrected chi connectivity index (χ1v) is 10.0. The van der Waals surface area contributed by atoms with Gasteiger partial charge in [0.05, 0.1) is 18.7 Å². The molecule has 0 spiro atoms. The zero-order valence-corrected chi connectivity index (χ0v) is 17.5. The average Bonchev–Trinajstić information content (AvgIpc) is 2.95. The van der Waals surface area contributed by atoms with Crippen LogP contribution in [0.3, 0.4) is 0 Å². The fourth-order valence-electron chi connectivity index (χ4n) is 3.12. The lowest BCUT2D eigenvalue weighted by molar-refractivity contribution is -0.155. The van der Waals surface area contributed by atoms with Gasteiger partial charge in [-0.25, -0.2) is 4.79 Å². The van der Waals surface area contributed by atoms with Crippen molar-refractivity contribution in [1.82, 2.24) is 4.90 Å². The third-order valence-corrected chi connectivity index (χ3v) is 4.79. The Kier molecular flexibility index (Phi) is 8.64. The summed E-state index contributed by atoms with van der Waals surface area (Å²) < 4.78 is 16.0. The summed E-state index contributed by atoms with van der Waals surface area (Å²) in [5, 5.41) is 0.381. The second kappa shape index (κ2) is 11.0. The Labute approximate surface area is 171 Å². The molecule has 7 heteroatoms. The molecule has 0 unspecified atom stereocenters. The first-order valence-electron chi connectivity index (χ1n) is 9.64. The number of methoxy groups -OCH3 is 1. The van der Waals surface area contributed by atoms with E-state index >= 15 is 0 Å². The first-order chi connectivity index (χ1) is 13.5. The van der Waals surface area contributed by atoms with Gasteiger partial charge in [-0.2, -0.15) is 0 Å². The largest absolute Gasteiger partial charge is 0.491 e. The maximum absolute atomic E-state index is 12.5. The highest BCUT2D eigenvalue weighted by molar-refractivity contribution is 6.32. The summed E-state index contributed by atoms with van der Waals surface area (Å²) in [6, 6.07) is 3.39. The molecule has 0 N–H and O–H groups in total. The zero-order chi connectivity index (χ0) is 20.5. The number of hydrogen-bond donors (Lipinski definition) is 0. The second-order valence-electron chi connectivity index (χ2n) is 6.62. The molecule has 0 aromatic heterocycles. The third kappa shape index (κ3) is 6.16. The SMILES string of the molecule is CCOc1cc(/C=C/C(=O)O[C@H](C)C(=O)N2CCCCCC2)cc(Cl)c1OC. The van der Waals surface area contributed by atoms with Gasteiger partial charge in [-0.1, -0.05) is 24.4 Å². The molecular weight excluding hydrogens is 382 g/mol. The van der Waals surface area contributed by atoms with Gasteiger partial charge in [0.2, 0.25) is 0 Å². The number of nitrogens with zero attached hydrogens (tertiary/aromatic N) is 1. The molecule has 6 nitrogen and oxygen atoms in total.